The second-order valence-electron chi connectivity index (χ2n) is 6.75. The van der Waals surface area contributed by atoms with E-state index in [9.17, 15) is 18.8 Å². The Balaban J connectivity index is 1.91. The fourth-order valence-corrected chi connectivity index (χ4v) is 3.04. The number of methoxy groups -OCH3 is 1. The molecule has 1 fully saturated rings. The van der Waals surface area contributed by atoms with E-state index in [2.05, 4.69) is 5.32 Å². The standard InChI is InChI=1S/C19H26FN3O4/c1-13-5-6-16(15(20)9-13)23-11-14(10-18(23)25)19(26)22(2)12-17(24)21-7-4-8-27-3/h5-6,9,14H,4,7-8,10-12H2,1-3H3,(H,21,24). The third kappa shape index (κ3) is 5.50. The number of carbonyl (C=O) groups excluding carboxylic acids is 3. The molecule has 1 atom stereocenters. The Kier molecular flexibility index (Phi) is 7.29. The number of amides is 3. The zero-order valence-corrected chi connectivity index (χ0v) is 16.0. The summed E-state index contributed by atoms with van der Waals surface area (Å²) >= 11 is 0. The summed E-state index contributed by atoms with van der Waals surface area (Å²) in [6, 6.07) is 4.63. The minimum Gasteiger partial charge on any atom is -0.385 e. The lowest BCUT2D eigenvalue weighted by Crippen LogP contribution is -2.42. The number of rotatable bonds is 8. The normalized spacial score (nSPS) is 16.5. The number of hydrogen-bond acceptors (Lipinski definition) is 4. The number of aryl methyl sites for hydroxylation is 1. The summed E-state index contributed by atoms with van der Waals surface area (Å²) in [6.45, 7) is 2.80. The number of halogens is 1. The van der Waals surface area contributed by atoms with Gasteiger partial charge in [-0.25, -0.2) is 4.39 Å². The quantitative estimate of drug-likeness (QED) is 0.686. The third-order valence-corrected chi connectivity index (χ3v) is 4.47. The first-order valence-electron chi connectivity index (χ1n) is 8.90. The SMILES string of the molecule is COCCCNC(=O)CN(C)C(=O)C1CC(=O)N(c2ccc(C)cc2F)C1. The number of likely N-dealkylation sites (N-methyl/N-ethyl adjacent to an activating group) is 1. The molecule has 1 aromatic carbocycles. The van der Waals surface area contributed by atoms with Gasteiger partial charge in [0.15, 0.2) is 0 Å². The average molecular weight is 379 g/mol. The smallest absolute Gasteiger partial charge is 0.239 e. The highest BCUT2D eigenvalue weighted by molar-refractivity contribution is 6.00. The molecule has 3 amide bonds. The van der Waals surface area contributed by atoms with Gasteiger partial charge in [0.25, 0.3) is 0 Å². The van der Waals surface area contributed by atoms with Crippen molar-refractivity contribution in [1.82, 2.24) is 10.2 Å². The van der Waals surface area contributed by atoms with Crippen LogP contribution in [-0.4, -0.2) is 63.0 Å². The van der Waals surface area contributed by atoms with Crippen molar-refractivity contribution < 1.29 is 23.5 Å². The molecule has 0 spiro atoms. The molecule has 1 aliphatic heterocycles. The number of nitrogens with zero attached hydrogens (tertiary/aromatic N) is 2. The van der Waals surface area contributed by atoms with Crippen LogP contribution in [0.4, 0.5) is 10.1 Å². The molecule has 148 valence electrons. The Morgan fingerprint density at radius 2 is 2.15 bits per heavy atom. The summed E-state index contributed by atoms with van der Waals surface area (Å²) in [5.41, 5.74) is 0.936. The summed E-state index contributed by atoms with van der Waals surface area (Å²) in [7, 11) is 3.11. The molecule has 0 saturated carbocycles. The first kappa shape index (κ1) is 20.8. The van der Waals surface area contributed by atoms with Crippen LogP contribution >= 0.6 is 0 Å². The highest BCUT2D eigenvalue weighted by Gasteiger charge is 2.37. The molecule has 1 N–H and O–H groups in total. The zero-order chi connectivity index (χ0) is 20.0. The molecular formula is C19H26FN3O4. The van der Waals surface area contributed by atoms with Gasteiger partial charge in [0, 0.05) is 40.3 Å². The highest BCUT2D eigenvalue weighted by atomic mass is 19.1. The Bertz CT molecular complexity index is 710. The predicted octanol–water partition coefficient (Wildman–Crippen LogP) is 1.10. The third-order valence-electron chi connectivity index (χ3n) is 4.47. The van der Waals surface area contributed by atoms with Gasteiger partial charge in [-0.3, -0.25) is 14.4 Å². The maximum atomic E-state index is 14.2. The molecule has 1 aliphatic rings. The Labute approximate surface area is 158 Å². The summed E-state index contributed by atoms with van der Waals surface area (Å²) < 4.78 is 19.1. The summed E-state index contributed by atoms with van der Waals surface area (Å²) in [4.78, 5) is 39.3. The lowest BCUT2D eigenvalue weighted by Gasteiger charge is -2.21. The Morgan fingerprint density at radius 1 is 1.41 bits per heavy atom. The second kappa shape index (κ2) is 9.45. The molecule has 2 rings (SSSR count). The first-order chi connectivity index (χ1) is 12.8. The molecule has 8 heteroatoms. The minimum atomic E-state index is -0.593. The molecule has 27 heavy (non-hydrogen) atoms. The molecule has 0 aliphatic carbocycles. The van der Waals surface area contributed by atoms with E-state index in [1.54, 1.807) is 26.2 Å². The maximum Gasteiger partial charge on any atom is 0.239 e. The van der Waals surface area contributed by atoms with Crippen molar-refractivity contribution in [3.05, 3.63) is 29.6 Å². The molecular weight excluding hydrogens is 353 g/mol. The first-order valence-corrected chi connectivity index (χ1v) is 8.90. The molecule has 1 unspecified atom stereocenters. The van der Waals surface area contributed by atoms with Crippen molar-refractivity contribution >= 4 is 23.4 Å². The van der Waals surface area contributed by atoms with Gasteiger partial charge in [-0.2, -0.15) is 0 Å². The number of nitrogens with one attached hydrogen (secondary N) is 1. The molecule has 1 heterocycles. The summed E-state index contributed by atoms with van der Waals surface area (Å²) in [5.74, 6) is -1.95. The van der Waals surface area contributed by atoms with Crippen LogP contribution in [0.15, 0.2) is 18.2 Å². The van der Waals surface area contributed by atoms with Crippen molar-refractivity contribution in [3.8, 4) is 0 Å². The van der Waals surface area contributed by atoms with Crippen molar-refractivity contribution in [3.63, 3.8) is 0 Å². The molecule has 1 saturated heterocycles. The lowest BCUT2D eigenvalue weighted by molar-refractivity contribution is -0.138. The van der Waals surface area contributed by atoms with Gasteiger partial charge in [-0.15, -0.1) is 0 Å². The van der Waals surface area contributed by atoms with Crippen LogP contribution in [0.5, 0.6) is 0 Å². The summed E-state index contributed by atoms with van der Waals surface area (Å²) in [5, 5.41) is 2.71. The minimum absolute atomic E-state index is 0.00590. The fourth-order valence-electron chi connectivity index (χ4n) is 3.04. The van der Waals surface area contributed by atoms with Gasteiger partial charge in [-0.05, 0) is 31.0 Å². The van der Waals surface area contributed by atoms with Crippen molar-refractivity contribution in [1.29, 1.82) is 0 Å². The fraction of sp³-hybridized carbons (Fsp3) is 0.526. The van der Waals surface area contributed by atoms with Crippen LogP contribution in [0.3, 0.4) is 0 Å². The van der Waals surface area contributed by atoms with E-state index < -0.39 is 11.7 Å². The number of ether oxygens (including phenoxy) is 1. The van der Waals surface area contributed by atoms with Crippen LogP contribution in [0, 0.1) is 18.7 Å². The average Bonchev–Trinajstić information content (AvgIpc) is 2.99. The van der Waals surface area contributed by atoms with E-state index in [0.29, 0.717) is 19.6 Å². The molecule has 7 nitrogen and oxygen atoms in total. The predicted molar refractivity (Wildman–Crippen MR) is 98.7 cm³/mol. The van der Waals surface area contributed by atoms with Crippen LogP contribution in [0.1, 0.15) is 18.4 Å². The summed E-state index contributed by atoms with van der Waals surface area (Å²) in [6.07, 6.45) is 0.694. The monoisotopic (exact) mass is 379 g/mol. The van der Waals surface area contributed by atoms with E-state index in [1.165, 1.54) is 22.9 Å². The molecule has 0 aromatic heterocycles. The van der Waals surface area contributed by atoms with E-state index in [-0.39, 0.29) is 42.9 Å². The van der Waals surface area contributed by atoms with Gasteiger partial charge >= 0.3 is 0 Å². The van der Waals surface area contributed by atoms with Gasteiger partial charge in [0.05, 0.1) is 18.2 Å². The zero-order valence-electron chi connectivity index (χ0n) is 16.0. The van der Waals surface area contributed by atoms with Crippen molar-refractivity contribution in [2.45, 2.75) is 19.8 Å². The van der Waals surface area contributed by atoms with Gasteiger partial charge in [-0.1, -0.05) is 6.07 Å². The van der Waals surface area contributed by atoms with E-state index in [0.717, 1.165) is 5.56 Å². The topological polar surface area (TPSA) is 79.0 Å². The Morgan fingerprint density at radius 3 is 2.81 bits per heavy atom. The van der Waals surface area contributed by atoms with Crippen molar-refractivity contribution in [2.24, 2.45) is 5.92 Å². The van der Waals surface area contributed by atoms with E-state index >= 15 is 0 Å². The number of benzene rings is 1. The number of carbonyl (C=O) groups is 3. The molecule has 0 bridgehead atoms. The van der Waals surface area contributed by atoms with Crippen LogP contribution in [-0.2, 0) is 19.1 Å². The molecule has 1 aromatic rings. The Hall–Kier alpha value is -2.48. The lowest BCUT2D eigenvalue weighted by atomic mass is 10.1. The van der Waals surface area contributed by atoms with Crippen LogP contribution in [0.25, 0.3) is 0 Å². The highest BCUT2D eigenvalue weighted by Crippen LogP contribution is 2.28. The van der Waals surface area contributed by atoms with Gasteiger partial charge in [0.1, 0.15) is 5.82 Å². The number of hydrogen-bond donors (Lipinski definition) is 1. The van der Waals surface area contributed by atoms with E-state index in [1.807, 2.05) is 0 Å². The van der Waals surface area contributed by atoms with Crippen LogP contribution < -0.4 is 10.2 Å². The molecule has 0 radical (unpaired) electrons. The maximum absolute atomic E-state index is 14.2. The van der Waals surface area contributed by atoms with Gasteiger partial charge in [0.2, 0.25) is 17.7 Å². The van der Waals surface area contributed by atoms with Crippen LogP contribution in [0.2, 0.25) is 0 Å². The second-order valence-corrected chi connectivity index (χ2v) is 6.75. The van der Waals surface area contributed by atoms with Gasteiger partial charge < -0.3 is 19.9 Å². The number of anilines is 1. The largest absolute Gasteiger partial charge is 0.385 e. The van der Waals surface area contributed by atoms with Crippen molar-refractivity contribution in [2.75, 3.05) is 45.3 Å². The van der Waals surface area contributed by atoms with E-state index in [4.69, 9.17) is 4.74 Å².